The van der Waals surface area contributed by atoms with Crippen molar-refractivity contribution in [3.63, 3.8) is 0 Å². The minimum Gasteiger partial charge on any atom is -0.385 e. The quantitative estimate of drug-likeness (QED) is 0.392. The lowest BCUT2D eigenvalue weighted by atomic mass is 10.9. The van der Waals surface area contributed by atoms with Gasteiger partial charge in [-0.3, -0.25) is 4.72 Å². The lowest BCUT2D eigenvalue weighted by molar-refractivity contribution is 0.608. The predicted molar refractivity (Wildman–Crippen MR) is 26.8 cm³/mol. The smallest absolute Gasteiger partial charge is 0.223 e. The van der Waals surface area contributed by atoms with E-state index in [4.69, 9.17) is 5.73 Å². The molecule has 0 amide bonds. The molecule has 0 aromatic heterocycles. The van der Waals surface area contributed by atoms with Crippen molar-refractivity contribution < 1.29 is 8.42 Å². The van der Waals surface area contributed by atoms with Gasteiger partial charge in [-0.05, 0) is 0 Å². The highest BCUT2D eigenvalue weighted by atomic mass is 32.2. The molecule has 0 saturated carbocycles. The molecule has 0 unspecified atom stereocenters. The first-order valence-electron chi connectivity index (χ1n) is 1.48. The van der Waals surface area contributed by atoms with Crippen molar-refractivity contribution in [2.24, 2.45) is 5.73 Å². The molecule has 0 aliphatic rings. The molecule has 0 aliphatic heterocycles. The van der Waals surface area contributed by atoms with E-state index in [1.807, 2.05) is 4.72 Å². The Morgan fingerprint density at radius 3 is 2.14 bits per heavy atom. The average Bonchev–Trinajstić information content (AvgIpc) is 1.27. The molecular weight excluding hydrogens is 116 g/mol. The fourth-order valence-corrected chi connectivity index (χ4v) is 0.352. The van der Waals surface area contributed by atoms with E-state index < -0.39 is 10.9 Å². The van der Waals surface area contributed by atoms with E-state index in [1.54, 1.807) is 0 Å². The second-order valence-corrected chi connectivity index (χ2v) is 1.63. The summed E-state index contributed by atoms with van der Waals surface area (Å²) in [6.45, 7) is 3.08. The summed E-state index contributed by atoms with van der Waals surface area (Å²) in [4.78, 5) is 0. The SMILES string of the molecule is C=C(N)N[SH](=O)=O. The highest BCUT2D eigenvalue weighted by molar-refractivity contribution is 7.70. The predicted octanol–water partition coefficient (Wildman–Crippen LogP) is -1.47. The third-order valence-corrected chi connectivity index (χ3v) is 0.705. The second kappa shape index (κ2) is 2.46. The van der Waals surface area contributed by atoms with Crippen LogP contribution in [-0.2, 0) is 10.9 Å². The Morgan fingerprint density at radius 2 is 2.14 bits per heavy atom. The summed E-state index contributed by atoms with van der Waals surface area (Å²) in [7, 11) is -2.61. The summed E-state index contributed by atoms with van der Waals surface area (Å²) in [5.74, 6) is -0.0592. The summed E-state index contributed by atoms with van der Waals surface area (Å²) < 4.78 is 21.0. The summed E-state index contributed by atoms with van der Waals surface area (Å²) in [6, 6.07) is 0. The molecule has 0 aromatic rings. The number of nitrogens with two attached hydrogens (primary N) is 1. The van der Waals surface area contributed by atoms with Crippen LogP contribution in [0.4, 0.5) is 0 Å². The zero-order valence-corrected chi connectivity index (χ0v) is 4.44. The fourth-order valence-electron chi connectivity index (χ4n) is 0.117. The Balaban J connectivity index is 3.53. The van der Waals surface area contributed by atoms with Crippen molar-refractivity contribution in [2.45, 2.75) is 0 Å². The van der Waals surface area contributed by atoms with Crippen LogP contribution >= 0.6 is 0 Å². The molecule has 4 nitrogen and oxygen atoms in total. The molecule has 0 atom stereocenters. The molecule has 0 rings (SSSR count). The Kier molecular flexibility index (Phi) is 2.21. The maximum Gasteiger partial charge on any atom is 0.223 e. The van der Waals surface area contributed by atoms with Crippen LogP contribution in [0, 0.1) is 0 Å². The molecule has 0 radical (unpaired) electrons. The van der Waals surface area contributed by atoms with E-state index in [9.17, 15) is 8.42 Å². The van der Waals surface area contributed by atoms with Gasteiger partial charge in [-0.2, -0.15) is 0 Å². The number of hydrogen-bond acceptors (Lipinski definition) is 3. The highest BCUT2D eigenvalue weighted by Crippen LogP contribution is 1.60. The van der Waals surface area contributed by atoms with Crippen LogP contribution in [0.25, 0.3) is 0 Å². The molecular formula is C2H6N2O2S. The van der Waals surface area contributed by atoms with Crippen LogP contribution in [-0.4, -0.2) is 8.42 Å². The molecule has 3 N–H and O–H groups in total. The van der Waals surface area contributed by atoms with Crippen LogP contribution < -0.4 is 10.5 Å². The molecule has 0 saturated heterocycles. The van der Waals surface area contributed by atoms with Gasteiger partial charge in [0.1, 0.15) is 5.82 Å². The van der Waals surface area contributed by atoms with Gasteiger partial charge in [0.2, 0.25) is 10.9 Å². The van der Waals surface area contributed by atoms with Crippen molar-refractivity contribution in [3.05, 3.63) is 12.4 Å². The third-order valence-electron chi connectivity index (χ3n) is 0.235. The number of rotatable bonds is 2. The number of thiol groups is 1. The molecule has 0 bridgehead atoms. The van der Waals surface area contributed by atoms with Crippen molar-refractivity contribution in [2.75, 3.05) is 0 Å². The normalized spacial score (nSPS) is 8.71. The van der Waals surface area contributed by atoms with Gasteiger partial charge >= 0.3 is 0 Å². The molecule has 0 fully saturated rings. The lowest BCUT2D eigenvalue weighted by Gasteiger charge is -1.89. The summed E-state index contributed by atoms with van der Waals surface area (Å²) in [5.41, 5.74) is 4.80. The maximum atomic E-state index is 9.59. The van der Waals surface area contributed by atoms with Crippen LogP contribution in [0.2, 0.25) is 0 Å². The Labute approximate surface area is 43.1 Å². The van der Waals surface area contributed by atoms with Crippen molar-refractivity contribution >= 4 is 10.9 Å². The lowest BCUT2D eigenvalue weighted by Crippen LogP contribution is -2.15. The van der Waals surface area contributed by atoms with Gasteiger partial charge in [-0.1, -0.05) is 6.58 Å². The van der Waals surface area contributed by atoms with E-state index in [1.165, 1.54) is 0 Å². The van der Waals surface area contributed by atoms with E-state index in [2.05, 4.69) is 6.58 Å². The van der Waals surface area contributed by atoms with E-state index in [0.717, 1.165) is 0 Å². The third kappa shape index (κ3) is 5.29. The van der Waals surface area contributed by atoms with Crippen LogP contribution in [0.1, 0.15) is 0 Å². The van der Waals surface area contributed by atoms with Gasteiger partial charge < -0.3 is 5.73 Å². The van der Waals surface area contributed by atoms with E-state index >= 15 is 0 Å². The largest absolute Gasteiger partial charge is 0.385 e. The average molecular weight is 122 g/mol. The zero-order valence-electron chi connectivity index (χ0n) is 3.55. The first-order valence-corrected chi connectivity index (χ1v) is 2.66. The van der Waals surface area contributed by atoms with Gasteiger partial charge in [0.25, 0.3) is 0 Å². The molecule has 42 valence electrons. The minimum absolute atomic E-state index is 0.0592. The molecule has 0 aliphatic carbocycles. The molecule has 7 heavy (non-hydrogen) atoms. The van der Waals surface area contributed by atoms with Crippen LogP contribution in [0.15, 0.2) is 12.4 Å². The first-order chi connectivity index (χ1) is 3.13. The highest BCUT2D eigenvalue weighted by Gasteiger charge is 1.77. The van der Waals surface area contributed by atoms with Crippen molar-refractivity contribution in [1.82, 2.24) is 4.72 Å². The van der Waals surface area contributed by atoms with Gasteiger partial charge in [0, 0.05) is 0 Å². The summed E-state index contributed by atoms with van der Waals surface area (Å²) in [5, 5.41) is 0. The van der Waals surface area contributed by atoms with Gasteiger partial charge in [-0.15, -0.1) is 0 Å². The molecule has 0 aromatic carbocycles. The minimum atomic E-state index is -2.61. The Hall–Kier alpha value is -0.710. The van der Waals surface area contributed by atoms with Gasteiger partial charge in [0.05, 0.1) is 0 Å². The summed E-state index contributed by atoms with van der Waals surface area (Å²) in [6.07, 6.45) is 0. The molecule has 0 spiro atoms. The number of nitrogens with one attached hydrogen (secondary N) is 1. The summed E-state index contributed by atoms with van der Waals surface area (Å²) >= 11 is 0. The monoisotopic (exact) mass is 122 g/mol. The zero-order chi connectivity index (χ0) is 5.86. The Bertz CT molecular complexity index is 131. The van der Waals surface area contributed by atoms with Crippen molar-refractivity contribution in [1.29, 1.82) is 0 Å². The van der Waals surface area contributed by atoms with Crippen molar-refractivity contribution in [3.8, 4) is 0 Å². The van der Waals surface area contributed by atoms with Gasteiger partial charge in [0.15, 0.2) is 0 Å². The van der Waals surface area contributed by atoms with Gasteiger partial charge in [-0.25, -0.2) is 8.42 Å². The molecule has 0 heterocycles. The Morgan fingerprint density at radius 1 is 1.71 bits per heavy atom. The standard InChI is InChI=1S/C2H6N2O2S/c1-2(3)4-7(5)6/h7H,1,3H2,(H,4,5,6). The second-order valence-electron chi connectivity index (χ2n) is 0.894. The van der Waals surface area contributed by atoms with Crippen LogP contribution in [0.5, 0.6) is 0 Å². The first kappa shape index (κ1) is 6.29. The topological polar surface area (TPSA) is 72.2 Å². The number of hydrogen-bond donors (Lipinski definition) is 3. The molecule has 5 heteroatoms. The van der Waals surface area contributed by atoms with E-state index in [-0.39, 0.29) is 5.82 Å². The van der Waals surface area contributed by atoms with Crippen LogP contribution in [0.3, 0.4) is 0 Å². The fraction of sp³-hybridized carbons (Fsp3) is 0. The van der Waals surface area contributed by atoms with E-state index in [0.29, 0.717) is 0 Å². The maximum absolute atomic E-state index is 9.59.